The van der Waals surface area contributed by atoms with Gasteiger partial charge >= 0.3 is 0 Å². The summed E-state index contributed by atoms with van der Waals surface area (Å²) in [5.74, 6) is 2.07. The van der Waals surface area contributed by atoms with E-state index in [2.05, 4.69) is 62.6 Å². The Labute approximate surface area is 142 Å². The molecule has 2 rings (SSSR count). The Morgan fingerprint density at radius 2 is 1.52 bits per heavy atom. The molecule has 0 radical (unpaired) electrons. The molecule has 0 unspecified atom stereocenters. The van der Waals surface area contributed by atoms with Crippen LogP contribution in [-0.4, -0.2) is 9.97 Å². The van der Waals surface area contributed by atoms with E-state index in [9.17, 15) is 0 Å². The van der Waals surface area contributed by atoms with Gasteiger partial charge in [-0.15, -0.1) is 0 Å². The highest BCUT2D eigenvalue weighted by Crippen LogP contribution is 2.30. The van der Waals surface area contributed by atoms with Gasteiger partial charge in [-0.2, -0.15) is 4.98 Å². The van der Waals surface area contributed by atoms with E-state index >= 15 is 0 Å². The van der Waals surface area contributed by atoms with Gasteiger partial charge in [-0.3, -0.25) is 0 Å². The molecule has 0 atom stereocenters. The molecular formula is C16H18Br2N2O. The van der Waals surface area contributed by atoms with Crippen LogP contribution in [0.25, 0.3) is 0 Å². The average molecular weight is 414 g/mol. The predicted molar refractivity (Wildman–Crippen MR) is 92.1 cm³/mol. The third-order valence-electron chi connectivity index (χ3n) is 2.97. The molecule has 1 aromatic carbocycles. The van der Waals surface area contributed by atoms with E-state index in [1.165, 1.54) is 0 Å². The van der Waals surface area contributed by atoms with Crippen molar-refractivity contribution in [2.45, 2.75) is 40.0 Å². The first-order valence-electron chi connectivity index (χ1n) is 6.66. The first kappa shape index (κ1) is 16.4. The lowest BCUT2D eigenvalue weighted by Gasteiger charge is -2.17. The zero-order chi connectivity index (χ0) is 15.8. The summed E-state index contributed by atoms with van der Waals surface area (Å²) in [4.78, 5) is 8.92. The fourth-order valence-electron chi connectivity index (χ4n) is 1.87. The van der Waals surface area contributed by atoms with Crippen molar-refractivity contribution in [3.8, 4) is 11.6 Å². The highest BCUT2D eigenvalue weighted by atomic mass is 79.9. The van der Waals surface area contributed by atoms with Gasteiger partial charge in [0.1, 0.15) is 16.2 Å². The second kappa shape index (κ2) is 6.05. The molecule has 0 aliphatic carbocycles. The van der Waals surface area contributed by atoms with Crippen LogP contribution in [0.4, 0.5) is 0 Å². The lowest BCUT2D eigenvalue weighted by molar-refractivity contribution is 0.444. The van der Waals surface area contributed by atoms with Gasteiger partial charge in [0.15, 0.2) is 0 Å². The Morgan fingerprint density at radius 1 is 0.952 bits per heavy atom. The molecule has 0 amide bonds. The van der Waals surface area contributed by atoms with Crippen LogP contribution in [0.2, 0.25) is 0 Å². The topological polar surface area (TPSA) is 35.0 Å². The van der Waals surface area contributed by atoms with Crippen molar-refractivity contribution in [3.05, 3.63) is 44.2 Å². The third kappa shape index (κ3) is 4.04. The van der Waals surface area contributed by atoms with Crippen molar-refractivity contribution >= 4 is 31.9 Å². The number of rotatable bonds is 2. The minimum absolute atomic E-state index is 0.132. The molecular weight excluding hydrogens is 396 g/mol. The van der Waals surface area contributed by atoms with Crippen LogP contribution in [0.15, 0.2) is 27.3 Å². The zero-order valence-electron chi connectivity index (χ0n) is 12.8. The molecule has 5 heteroatoms. The molecule has 112 valence electrons. The van der Waals surface area contributed by atoms with Gasteiger partial charge in [-0.25, -0.2) is 4.98 Å². The summed E-state index contributed by atoms with van der Waals surface area (Å²) in [6.45, 7) is 10.3. The van der Waals surface area contributed by atoms with Crippen molar-refractivity contribution in [1.29, 1.82) is 0 Å². The number of aromatic nitrogens is 2. The van der Waals surface area contributed by atoms with E-state index in [1.54, 1.807) is 6.07 Å². The molecule has 0 saturated carbocycles. The SMILES string of the molecule is Cc1cc(Oc2cc(Br)nc(C(C)(C)C)n2)cc(C)c1Br. The van der Waals surface area contributed by atoms with Gasteiger partial charge in [-0.1, -0.05) is 36.7 Å². The lowest BCUT2D eigenvalue weighted by atomic mass is 9.96. The van der Waals surface area contributed by atoms with Gasteiger partial charge in [0.2, 0.25) is 5.88 Å². The maximum Gasteiger partial charge on any atom is 0.223 e. The molecule has 0 spiro atoms. The molecule has 2 aromatic rings. The summed E-state index contributed by atoms with van der Waals surface area (Å²) in [6.07, 6.45) is 0. The van der Waals surface area contributed by atoms with E-state index < -0.39 is 0 Å². The van der Waals surface area contributed by atoms with Gasteiger partial charge < -0.3 is 4.74 Å². The van der Waals surface area contributed by atoms with Crippen LogP contribution in [0.1, 0.15) is 37.7 Å². The van der Waals surface area contributed by atoms with Gasteiger partial charge in [-0.05, 0) is 53.0 Å². The number of benzene rings is 1. The highest BCUT2D eigenvalue weighted by Gasteiger charge is 2.19. The minimum atomic E-state index is -0.132. The molecule has 0 aliphatic rings. The Morgan fingerprint density at radius 3 is 2.05 bits per heavy atom. The number of hydrogen-bond donors (Lipinski definition) is 0. The normalized spacial score (nSPS) is 11.6. The van der Waals surface area contributed by atoms with Crippen molar-refractivity contribution in [3.63, 3.8) is 0 Å². The summed E-state index contributed by atoms with van der Waals surface area (Å²) < 4.78 is 7.74. The van der Waals surface area contributed by atoms with Crippen molar-refractivity contribution in [2.24, 2.45) is 0 Å². The summed E-state index contributed by atoms with van der Waals surface area (Å²) in [7, 11) is 0. The fraction of sp³-hybridized carbons (Fsp3) is 0.375. The van der Waals surface area contributed by atoms with Gasteiger partial charge in [0.05, 0.1) is 0 Å². The molecule has 1 aromatic heterocycles. The van der Waals surface area contributed by atoms with Gasteiger partial charge in [0.25, 0.3) is 0 Å². The van der Waals surface area contributed by atoms with E-state index in [4.69, 9.17) is 4.74 Å². The third-order valence-corrected chi connectivity index (χ3v) is 4.63. The standard InChI is InChI=1S/C16H18Br2N2O/c1-9-6-11(7-10(2)14(9)18)21-13-8-12(17)19-15(20-13)16(3,4)5/h6-8H,1-5H3. The van der Waals surface area contributed by atoms with Crippen LogP contribution >= 0.6 is 31.9 Å². The molecule has 0 fully saturated rings. The van der Waals surface area contributed by atoms with Crippen molar-refractivity contribution in [1.82, 2.24) is 9.97 Å². The second-order valence-electron chi connectivity index (χ2n) is 6.08. The summed E-state index contributed by atoms with van der Waals surface area (Å²) in [6, 6.07) is 5.76. The van der Waals surface area contributed by atoms with Crippen LogP contribution in [0.3, 0.4) is 0 Å². The Hall–Kier alpha value is -0.940. The summed E-state index contributed by atoms with van der Waals surface area (Å²) in [5, 5.41) is 0. The molecule has 0 saturated heterocycles. The number of ether oxygens (including phenoxy) is 1. The van der Waals surface area contributed by atoms with Crippen LogP contribution in [-0.2, 0) is 5.41 Å². The van der Waals surface area contributed by atoms with E-state index in [0.29, 0.717) is 5.88 Å². The number of hydrogen-bond acceptors (Lipinski definition) is 3. The minimum Gasteiger partial charge on any atom is -0.439 e. The first-order valence-corrected chi connectivity index (χ1v) is 8.25. The Kier molecular flexibility index (Phi) is 4.73. The second-order valence-corrected chi connectivity index (χ2v) is 7.68. The smallest absolute Gasteiger partial charge is 0.223 e. The van der Waals surface area contributed by atoms with Crippen LogP contribution < -0.4 is 4.74 Å². The fourth-order valence-corrected chi connectivity index (χ4v) is 2.46. The molecule has 0 bridgehead atoms. The maximum absolute atomic E-state index is 5.91. The molecule has 0 N–H and O–H groups in total. The van der Waals surface area contributed by atoms with E-state index in [0.717, 1.165) is 31.8 Å². The maximum atomic E-state index is 5.91. The first-order chi connectivity index (χ1) is 9.66. The predicted octanol–water partition coefficient (Wildman–Crippen LogP) is 5.71. The number of nitrogens with zero attached hydrogens (tertiary/aromatic N) is 2. The molecule has 3 nitrogen and oxygen atoms in total. The molecule has 1 heterocycles. The monoisotopic (exact) mass is 412 g/mol. The summed E-state index contributed by atoms with van der Waals surface area (Å²) in [5.41, 5.74) is 2.14. The molecule has 21 heavy (non-hydrogen) atoms. The number of halogens is 2. The Balaban J connectivity index is 2.38. The van der Waals surface area contributed by atoms with Gasteiger partial charge in [0, 0.05) is 16.0 Å². The van der Waals surface area contributed by atoms with E-state index in [1.807, 2.05) is 26.0 Å². The zero-order valence-corrected chi connectivity index (χ0v) is 16.0. The Bertz CT molecular complexity index is 655. The van der Waals surface area contributed by atoms with Crippen LogP contribution in [0, 0.1) is 13.8 Å². The highest BCUT2D eigenvalue weighted by molar-refractivity contribution is 9.10. The van der Waals surface area contributed by atoms with Crippen LogP contribution in [0.5, 0.6) is 11.6 Å². The molecule has 0 aliphatic heterocycles. The van der Waals surface area contributed by atoms with E-state index in [-0.39, 0.29) is 5.41 Å². The largest absolute Gasteiger partial charge is 0.439 e. The summed E-state index contributed by atoms with van der Waals surface area (Å²) >= 11 is 6.98. The van der Waals surface area contributed by atoms with Crippen molar-refractivity contribution in [2.75, 3.05) is 0 Å². The lowest BCUT2D eigenvalue weighted by Crippen LogP contribution is -2.16. The van der Waals surface area contributed by atoms with Crippen molar-refractivity contribution < 1.29 is 4.74 Å². The quantitative estimate of drug-likeness (QED) is 0.591. The average Bonchev–Trinajstić information content (AvgIpc) is 2.34. The number of aryl methyl sites for hydroxylation is 2.